The fourth-order valence-corrected chi connectivity index (χ4v) is 4.01. The van der Waals surface area contributed by atoms with Crippen LogP contribution in [0.2, 0.25) is 0 Å². The number of amides is 1. The van der Waals surface area contributed by atoms with E-state index in [0.717, 1.165) is 21.9 Å². The van der Waals surface area contributed by atoms with Crippen LogP contribution in [0.15, 0.2) is 66.2 Å². The van der Waals surface area contributed by atoms with Gasteiger partial charge in [0.05, 0.1) is 5.41 Å². The lowest BCUT2D eigenvalue weighted by molar-refractivity contribution is -0.131. The van der Waals surface area contributed by atoms with Crippen molar-refractivity contribution >= 4 is 38.6 Å². The van der Waals surface area contributed by atoms with Crippen LogP contribution in [0.1, 0.15) is 19.4 Å². The molecule has 1 heterocycles. The van der Waals surface area contributed by atoms with E-state index in [1.165, 1.54) is 0 Å². The molecule has 3 rings (SSSR count). The van der Waals surface area contributed by atoms with Gasteiger partial charge in [-0.15, -0.1) is 0 Å². The number of aromatic nitrogens is 1. The van der Waals surface area contributed by atoms with E-state index in [4.69, 9.17) is 0 Å². The van der Waals surface area contributed by atoms with E-state index >= 15 is 0 Å². The van der Waals surface area contributed by atoms with E-state index in [-0.39, 0.29) is 12.5 Å². The SMILES string of the molecule is CCN(CC)C(=O)Cn1ccc2cc(NS(=O)(=O)/C=C/c3ccccc3)ccc21. The molecule has 0 saturated heterocycles. The van der Waals surface area contributed by atoms with Crippen LogP contribution in [0.25, 0.3) is 17.0 Å². The Labute approximate surface area is 171 Å². The van der Waals surface area contributed by atoms with Gasteiger partial charge in [0.25, 0.3) is 10.0 Å². The maximum atomic E-state index is 12.4. The smallest absolute Gasteiger partial charge is 0.255 e. The van der Waals surface area contributed by atoms with E-state index in [9.17, 15) is 13.2 Å². The highest BCUT2D eigenvalue weighted by Crippen LogP contribution is 2.22. The molecule has 1 N–H and O–H groups in total. The highest BCUT2D eigenvalue weighted by molar-refractivity contribution is 7.95. The van der Waals surface area contributed by atoms with Crippen molar-refractivity contribution in [3.8, 4) is 0 Å². The van der Waals surface area contributed by atoms with Crippen LogP contribution >= 0.6 is 0 Å². The Hall–Kier alpha value is -3.06. The summed E-state index contributed by atoms with van der Waals surface area (Å²) in [7, 11) is -3.63. The zero-order valence-electron chi connectivity index (χ0n) is 16.6. The molecule has 0 saturated carbocycles. The molecule has 0 radical (unpaired) electrons. The van der Waals surface area contributed by atoms with Gasteiger partial charge >= 0.3 is 0 Å². The normalized spacial score (nSPS) is 11.8. The van der Waals surface area contributed by atoms with Crippen molar-refractivity contribution in [3.63, 3.8) is 0 Å². The lowest BCUT2D eigenvalue weighted by Gasteiger charge is -2.19. The zero-order valence-corrected chi connectivity index (χ0v) is 17.4. The lowest BCUT2D eigenvalue weighted by atomic mass is 10.2. The standard InChI is InChI=1S/C22H25N3O3S/c1-3-24(4-2)22(26)17-25-14-12-19-16-20(10-11-21(19)25)23-29(27,28)15-13-18-8-6-5-7-9-18/h5-16,23H,3-4,17H2,1-2H3/b15-13+. The highest BCUT2D eigenvalue weighted by atomic mass is 32.2. The molecule has 0 bridgehead atoms. The van der Waals surface area contributed by atoms with Crippen molar-refractivity contribution in [2.75, 3.05) is 17.8 Å². The lowest BCUT2D eigenvalue weighted by Crippen LogP contribution is -2.33. The largest absolute Gasteiger partial charge is 0.342 e. The third kappa shape index (κ3) is 5.26. The minimum absolute atomic E-state index is 0.0586. The van der Waals surface area contributed by atoms with Crippen LogP contribution in [-0.4, -0.2) is 36.9 Å². The van der Waals surface area contributed by atoms with Gasteiger partial charge in [0, 0.05) is 35.9 Å². The fourth-order valence-electron chi connectivity index (χ4n) is 3.15. The van der Waals surface area contributed by atoms with Crippen LogP contribution in [0.4, 0.5) is 5.69 Å². The Morgan fingerprint density at radius 1 is 1.07 bits per heavy atom. The summed E-state index contributed by atoms with van der Waals surface area (Å²) in [6.45, 7) is 5.53. The molecule has 0 aliphatic rings. The first-order valence-electron chi connectivity index (χ1n) is 9.54. The summed E-state index contributed by atoms with van der Waals surface area (Å²) in [4.78, 5) is 14.2. The maximum Gasteiger partial charge on any atom is 0.255 e. The Kier molecular flexibility index (Phi) is 6.39. The molecule has 0 aliphatic carbocycles. The first kappa shape index (κ1) is 20.7. The second kappa shape index (κ2) is 8.96. The third-order valence-corrected chi connectivity index (χ3v) is 5.71. The van der Waals surface area contributed by atoms with Gasteiger partial charge in [-0.1, -0.05) is 30.3 Å². The van der Waals surface area contributed by atoms with E-state index in [1.54, 1.807) is 23.1 Å². The number of anilines is 1. The molecule has 0 spiro atoms. The summed E-state index contributed by atoms with van der Waals surface area (Å²) in [6.07, 6.45) is 3.40. The predicted octanol–water partition coefficient (Wildman–Crippen LogP) is 3.92. The molecular weight excluding hydrogens is 386 g/mol. The number of carbonyl (C=O) groups is 1. The molecule has 2 aromatic carbocycles. The Morgan fingerprint density at radius 3 is 2.48 bits per heavy atom. The quantitative estimate of drug-likeness (QED) is 0.611. The Bertz CT molecular complexity index is 1110. The van der Waals surface area contributed by atoms with E-state index < -0.39 is 10.0 Å². The highest BCUT2D eigenvalue weighted by Gasteiger charge is 2.12. The molecule has 1 aromatic heterocycles. The van der Waals surface area contributed by atoms with Gasteiger partial charge < -0.3 is 9.47 Å². The van der Waals surface area contributed by atoms with Crippen molar-refractivity contribution in [3.05, 3.63) is 71.8 Å². The summed E-state index contributed by atoms with van der Waals surface area (Å²) >= 11 is 0. The molecule has 152 valence electrons. The van der Waals surface area contributed by atoms with Crippen LogP contribution in [-0.2, 0) is 21.4 Å². The van der Waals surface area contributed by atoms with Crippen molar-refractivity contribution in [2.24, 2.45) is 0 Å². The second-order valence-corrected chi connectivity index (χ2v) is 8.21. The topological polar surface area (TPSA) is 71.4 Å². The average molecular weight is 412 g/mol. The summed E-state index contributed by atoms with van der Waals surface area (Å²) in [5.41, 5.74) is 2.17. The van der Waals surface area contributed by atoms with Gasteiger partial charge in [-0.2, -0.15) is 0 Å². The van der Waals surface area contributed by atoms with Crippen LogP contribution < -0.4 is 4.72 Å². The second-order valence-electron chi connectivity index (χ2n) is 6.64. The number of nitrogens with one attached hydrogen (secondary N) is 1. The predicted molar refractivity (Wildman–Crippen MR) is 118 cm³/mol. The molecule has 29 heavy (non-hydrogen) atoms. The Balaban J connectivity index is 1.75. The fraction of sp³-hybridized carbons (Fsp3) is 0.227. The number of rotatable bonds is 8. The van der Waals surface area contributed by atoms with Crippen molar-refractivity contribution in [1.82, 2.24) is 9.47 Å². The minimum atomic E-state index is -3.63. The van der Waals surface area contributed by atoms with Crippen molar-refractivity contribution in [2.45, 2.75) is 20.4 Å². The molecular formula is C22H25N3O3S. The molecule has 0 unspecified atom stereocenters. The van der Waals surface area contributed by atoms with Crippen LogP contribution in [0, 0.1) is 0 Å². The summed E-state index contributed by atoms with van der Waals surface area (Å²) in [5.74, 6) is 0.0586. The van der Waals surface area contributed by atoms with Gasteiger partial charge in [-0.05, 0) is 49.8 Å². The minimum Gasteiger partial charge on any atom is -0.342 e. The van der Waals surface area contributed by atoms with Crippen molar-refractivity contribution < 1.29 is 13.2 Å². The number of hydrogen-bond donors (Lipinski definition) is 1. The third-order valence-electron chi connectivity index (χ3n) is 4.69. The summed E-state index contributed by atoms with van der Waals surface area (Å²) in [6, 6.07) is 16.4. The molecule has 6 nitrogen and oxygen atoms in total. The van der Waals surface area contributed by atoms with E-state index in [2.05, 4.69) is 4.72 Å². The molecule has 7 heteroatoms. The monoisotopic (exact) mass is 411 g/mol. The number of hydrogen-bond acceptors (Lipinski definition) is 3. The number of likely N-dealkylation sites (N-methyl/N-ethyl adjacent to an activating group) is 1. The first-order chi connectivity index (χ1) is 13.9. The Morgan fingerprint density at radius 2 is 1.79 bits per heavy atom. The van der Waals surface area contributed by atoms with Gasteiger partial charge in [0.2, 0.25) is 5.91 Å². The molecule has 1 amide bonds. The first-order valence-corrected chi connectivity index (χ1v) is 11.1. The number of benzene rings is 2. The maximum absolute atomic E-state index is 12.4. The number of nitrogens with zero attached hydrogens (tertiary/aromatic N) is 2. The average Bonchev–Trinajstić information content (AvgIpc) is 3.10. The van der Waals surface area contributed by atoms with Gasteiger partial charge in [0.1, 0.15) is 6.54 Å². The molecule has 3 aromatic rings. The molecule has 0 aliphatic heterocycles. The number of carbonyl (C=O) groups excluding carboxylic acids is 1. The molecule has 0 fully saturated rings. The van der Waals surface area contributed by atoms with Crippen molar-refractivity contribution in [1.29, 1.82) is 0 Å². The van der Waals surface area contributed by atoms with Crippen LogP contribution in [0.3, 0.4) is 0 Å². The number of sulfonamides is 1. The molecule has 0 atom stereocenters. The van der Waals surface area contributed by atoms with Gasteiger partial charge in [-0.25, -0.2) is 8.42 Å². The van der Waals surface area contributed by atoms with E-state index in [0.29, 0.717) is 18.8 Å². The van der Waals surface area contributed by atoms with E-state index in [1.807, 2.05) is 67.1 Å². The van der Waals surface area contributed by atoms with Crippen LogP contribution in [0.5, 0.6) is 0 Å². The summed E-state index contributed by atoms with van der Waals surface area (Å²) < 4.78 is 29.1. The van der Waals surface area contributed by atoms with Gasteiger partial charge in [-0.3, -0.25) is 9.52 Å². The zero-order chi connectivity index (χ0) is 20.9. The van der Waals surface area contributed by atoms with Gasteiger partial charge in [0.15, 0.2) is 0 Å². The summed E-state index contributed by atoms with van der Waals surface area (Å²) in [5, 5.41) is 2.02. The number of fused-ring (bicyclic) bond motifs is 1.